The van der Waals surface area contributed by atoms with E-state index in [9.17, 15) is 14.5 Å². The molecule has 8 heteroatoms. The Bertz CT molecular complexity index is 485. The normalized spacial score (nSPS) is 16.3. The van der Waals surface area contributed by atoms with Gasteiger partial charge in [0.2, 0.25) is 5.82 Å². The minimum Gasteiger partial charge on any atom is -0.314 e. The van der Waals surface area contributed by atoms with Gasteiger partial charge in [-0.05, 0) is 18.1 Å². The Balaban J connectivity index is 0.00000220. The molecule has 1 atom stereocenters. The molecule has 1 aliphatic heterocycles. The number of nitro groups is 1. The van der Waals surface area contributed by atoms with Crippen molar-refractivity contribution in [3.05, 3.63) is 39.7 Å². The smallest absolute Gasteiger partial charge is 0.305 e. The summed E-state index contributed by atoms with van der Waals surface area (Å²) in [4.78, 5) is 12.5. The van der Waals surface area contributed by atoms with Crippen molar-refractivity contribution in [2.75, 3.05) is 26.2 Å². The summed E-state index contributed by atoms with van der Waals surface area (Å²) in [7, 11) is 0. The lowest BCUT2D eigenvalue weighted by atomic mass is 9.99. The summed E-state index contributed by atoms with van der Waals surface area (Å²) in [6.45, 7) is 5.76. The lowest BCUT2D eigenvalue weighted by Gasteiger charge is -2.35. The summed E-state index contributed by atoms with van der Waals surface area (Å²) in [5.41, 5.74) is 0.403. The molecular formula is C14H22Cl2FN3O2. The number of piperazine rings is 1. The van der Waals surface area contributed by atoms with Crippen molar-refractivity contribution < 1.29 is 9.31 Å². The van der Waals surface area contributed by atoms with Gasteiger partial charge in [-0.2, -0.15) is 4.39 Å². The number of hydrogen-bond donors (Lipinski definition) is 1. The van der Waals surface area contributed by atoms with E-state index in [0.29, 0.717) is 0 Å². The van der Waals surface area contributed by atoms with Crippen LogP contribution in [0.5, 0.6) is 0 Å². The highest BCUT2D eigenvalue weighted by molar-refractivity contribution is 5.85. The Morgan fingerprint density at radius 1 is 1.36 bits per heavy atom. The van der Waals surface area contributed by atoms with E-state index in [1.165, 1.54) is 12.1 Å². The van der Waals surface area contributed by atoms with Crippen LogP contribution in [0.15, 0.2) is 18.2 Å². The van der Waals surface area contributed by atoms with Crippen molar-refractivity contribution in [1.82, 2.24) is 10.2 Å². The van der Waals surface area contributed by atoms with E-state index in [1.54, 1.807) is 6.07 Å². The summed E-state index contributed by atoms with van der Waals surface area (Å²) in [5, 5.41) is 14.2. The topological polar surface area (TPSA) is 58.4 Å². The van der Waals surface area contributed by atoms with Gasteiger partial charge in [0.1, 0.15) is 0 Å². The fraction of sp³-hybridized carbons (Fsp3) is 0.571. The third kappa shape index (κ3) is 5.05. The summed E-state index contributed by atoms with van der Waals surface area (Å²) >= 11 is 0. The first-order valence-electron chi connectivity index (χ1n) is 7.02. The van der Waals surface area contributed by atoms with Gasteiger partial charge in [-0.15, -0.1) is 24.8 Å². The molecule has 1 saturated heterocycles. The number of nitro benzene ring substituents is 1. The predicted octanol–water partition coefficient (Wildman–Crippen LogP) is 3.32. The minimum absolute atomic E-state index is 0. The van der Waals surface area contributed by atoms with Crippen molar-refractivity contribution >= 4 is 30.5 Å². The second kappa shape index (κ2) is 9.94. The van der Waals surface area contributed by atoms with Gasteiger partial charge in [-0.25, -0.2) is 0 Å². The molecular weight excluding hydrogens is 332 g/mol. The predicted molar refractivity (Wildman–Crippen MR) is 89.6 cm³/mol. The van der Waals surface area contributed by atoms with Crippen LogP contribution in [0.25, 0.3) is 0 Å². The van der Waals surface area contributed by atoms with E-state index in [0.717, 1.165) is 44.6 Å². The molecule has 2 rings (SSSR count). The average Bonchev–Trinajstić information content (AvgIpc) is 2.46. The van der Waals surface area contributed by atoms with Gasteiger partial charge in [0.05, 0.1) is 4.92 Å². The molecule has 0 spiro atoms. The van der Waals surface area contributed by atoms with Crippen LogP contribution in [0.2, 0.25) is 0 Å². The Morgan fingerprint density at radius 3 is 2.55 bits per heavy atom. The number of rotatable bonds is 5. The van der Waals surface area contributed by atoms with Crippen LogP contribution in [-0.2, 0) is 0 Å². The summed E-state index contributed by atoms with van der Waals surface area (Å²) in [5.74, 6) is -0.769. The van der Waals surface area contributed by atoms with Crippen LogP contribution in [0.3, 0.4) is 0 Å². The van der Waals surface area contributed by atoms with Crippen LogP contribution < -0.4 is 5.32 Å². The zero-order valence-electron chi connectivity index (χ0n) is 12.5. The van der Waals surface area contributed by atoms with E-state index >= 15 is 0 Å². The first kappa shape index (κ1) is 21.0. The van der Waals surface area contributed by atoms with Gasteiger partial charge in [-0.3, -0.25) is 15.0 Å². The highest BCUT2D eigenvalue weighted by atomic mass is 35.5. The van der Waals surface area contributed by atoms with Crippen LogP contribution in [-0.4, -0.2) is 36.0 Å². The molecule has 0 radical (unpaired) electrons. The van der Waals surface area contributed by atoms with E-state index < -0.39 is 16.4 Å². The Kier molecular flexibility index (Phi) is 9.51. The van der Waals surface area contributed by atoms with Crippen LogP contribution in [0.1, 0.15) is 31.4 Å². The maximum Gasteiger partial charge on any atom is 0.305 e. The molecule has 0 aliphatic carbocycles. The molecule has 0 saturated carbocycles. The van der Waals surface area contributed by atoms with Gasteiger partial charge in [0.25, 0.3) is 0 Å². The van der Waals surface area contributed by atoms with Gasteiger partial charge in [0.15, 0.2) is 0 Å². The highest BCUT2D eigenvalue weighted by Gasteiger charge is 2.24. The monoisotopic (exact) mass is 353 g/mol. The number of benzene rings is 1. The highest BCUT2D eigenvalue weighted by Crippen LogP contribution is 2.29. The molecule has 0 unspecified atom stereocenters. The fourth-order valence-electron chi connectivity index (χ4n) is 2.70. The molecule has 0 aromatic heterocycles. The maximum absolute atomic E-state index is 13.4. The van der Waals surface area contributed by atoms with Gasteiger partial charge in [0, 0.05) is 38.3 Å². The lowest BCUT2D eigenvalue weighted by Crippen LogP contribution is -2.45. The zero-order chi connectivity index (χ0) is 14.5. The van der Waals surface area contributed by atoms with Crippen LogP contribution in [0.4, 0.5) is 10.1 Å². The lowest BCUT2D eigenvalue weighted by molar-refractivity contribution is -0.387. The molecule has 22 heavy (non-hydrogen) atoms. The first-order chi connectivity index (χ1) is 9.63. The maximum atomic E-state index is 13.4. The molecule has 0 amide bonds. The number of hydrogen-bond acceptors (Lipinski definition) is 4. The molecule has 1 N–H and O–H groups in total. The largest absolute Gasteiger partial charge is 0.314 e. The van der Waals surface area contributed by atoms with Gasteiger partial charge in [-0.1, -0.05) is 19.4 Å². The van der Waals surface area contributed by atoms with Gasteiger partial charge >= 0.3 is 5.69 Å². The van der Waals surface area contributed by atoms with Crippen molar-refractivity contribution in [2.45, 2.75) is 25.8 Å². The van der Waals surface area contributed by atoms with Crippen molar-refractivity contribution in [3.8, 4) is 0 Å². The number of halogens is 3. The van der Waals surface area contributed by atoms with Crippen LogP contribution in [0, 0.1) is 15.9 Å². The molecule has 126 valence electrons. The number of nitrogens with zero attached hydrogens (tertiary/aromatic N) is 2. The van der Waals surface area contributed by atoms with Crippen LogP contribution >= 0.6 is 24.8 Å². The minimum atomic E-state index is -0.769. The van der Waals surface area contributed by atoms with Crippen molar-refractivity contribution in [2.24, 2.45) is 0 Å². The van der Waals surface area contributed by atoms with E-state index in [4.69, 9.17) is 0 Å². The van der Waals surface area contributed by atoms with Crippen molar-refractivity contribution in [1.29, 1.82) is 0 Å². The molecule has 1 aromatic carbocycles. The molecule has 1 fully saturated rings. The Hall–Kier alpha value is -0.950. The Morgan fingerprint density at radius 2 is 2.00 bits per heavy atom. The molecule has 0 bridgehead atoms. The van der Waals surface area contributed by atoms with E-state index in [1.807, 2.05) is 0 Å². The van der Waals surface area contributed by atoms with E-state index in [-0.39, 0.29) is 30.9 Å². The number of nitrogens with one attached hydrogen (secondary N) is 1. The first-order valence-corrected chi connectivity index (χ1v) is 7.02. The Labute approximate surface area is 142 Å². The average molecular weight is 354 g/mol. The second-order valence-electron chi connectivity index (χ2n) is 5.06. The molecule has 5 nitrogen and oxygen atoms in total. The standard InChI is InChI=1S/C14H20FN3O2.2ClH/c1-2-3-13(17-8-6-16-7-9-17)11-4-5-12(15)14(10-11)18(19)20;;/h4-5,10,13,16H,2-3,6-9H2,1H3;2*1H/t13-;;/m1../s1. The molecule has 1 aliphatic rings. The SMILES string of the molecule is CCC[C@H](c1ccc(F)c([N+](=O)[O-])c1)N1CCNCC1.Cl.Cl. The quantitative estimate of drug-likeness (QED) is 0.651. The molecule has 1 aromatic rings. The third-order valence-corrected chi connectivity index (χ3v) is 3.71. The third-order valence-electron chi connectivity index (χ3n) is 3.71. The second-order valence-corrected chi connectivity index (χ2v) is 5.06. The zero-order valence-corrected chi connectivity index (χ0v) is 14.1. The summed E-state index contributed by atoms with van der Waals surface area (Å²) in [6, 6.07) is 4.39. The van der Waals surface area contributed by atoms with E-state index in [2.05, 4.69) is 17.1 Å². The summed E-state index contributed by atoms with van der Waals surface area (Å²) in [6.07, 6.45) is 1.91. The van der Waals surface area contributed by atoms with Gasteiger partial charge < -0.3 is 5.32 Å². The summed E-state index contributed by atoms with van der Waals surface area (Å²) < 4.78 is 13.4. The molecule has 1 heterocycles. The van der Waals surface area contributed by atoms with Crippen molar-refractivity contribution in [3.63, 3.8) is 0 Å². The fourth-order valence-corrected chi connectivity index (χ4v) is 2.70.